The van der Waals surface area contributed by atoms with Crippen molar-refractivity contribution in [2.75, 3.05) is 19.8 Å². The number of hydrogen-bond acceptors (Lipinski definition) is 6. The molecule has 0 saturated carbocycles. The maximum Gasteiger partial charge on any atom is 1.00 e. The van der Waals surface area contributed by atoms with E-state index < -0.39 is 26.4 Å². The molecule has 0 aromatic heterocycles. The maximum atomic E-state index is 11.9. The Hall–Kier alpha value is 0.760. The first-order valence-electron chi connectivity index (χ1n) is 7.51. The molecule has 0 fully saturated rings. The SMILES string of the molecule is CCCCCOCC(=O)N[C@@H](COP(=O)([O-])[O-])c1ccccc1.[Na+].[Na+]. The van der Waals surface area contributed by atoms with Crippen molar-refractivity contribution in [1.82, 2.24) is 5.32 Å². The summed E-state index contributed by atoms with van der Waals surface area (Å²) in [5.41, 5.74) is 0.639. The van der Waals surface area contributed by atoms with Crippen molar-refractivity contribution in [3.8, 4) is 0 Å². The van der Waals surface area contributed by atoms with Crippen LogP contribution >= 0.6 is 7.82 Å². The molecular formula is C15H22NNa2O6P. The van der Waals surface area contributed by atoms with Gasteiger partial charge in [0.05, 0.1) is 20.5 Å². The Morgan fingerprint density at radius 1 is 1.20 bits per heavy atom. The molecule has 25 heavy (non-hydrogen) atoms. The quantitative estimate of drug-likeness (QED) is 0.230. The Morgan fingerprint density at radius 3 is 2.40 bits per heavy atom. The van der Waals surface area contributed by atoms with Gasteiger partial charge in [-0.1, -0.05) is 50.1 Å². The van der Waals surface area contributed by atoms with Crippen LogP contribution < -0.4 is 74.2 Å². The molecule has 1 atom stereocenters. The molecule has 0 unspecified atom stereocenters. The van der Waals surface area contributed by atoms with Gasteiger partial charge in [-0.15, -0.1) is 0 Å². The van der Waals surface area contributed by atoms with E-state index >= 15 is 0 Å². The first-order valence-corrected chi connectivity index (χ1v) is 8.97. The van der Waals surface area contributed by atoms with Gasteiger partial charge >= 0.3 is 59.1 Å². The van der Waals surface area contributed by atoms with E-state index in [1.54, 1.807) is 30.3 Å². The predicted octanol–water partition coefficient (Wildman–Crippen LogP) is -5.10. The van der Waals surface area contributed by atoms with E-state index in [2.05, 4.69) is 16.8 Å². The summed E-state index contributed by atoms with van der Waals surface area (Å²) in [6.45, 7) is 1.99. The third kappa shape index (κ3) is 14.5. The first kappa shape index (κ1) is 28.0. The van der Waals surface area contributed by atoms with E-state index in [0.717, 1.165) is 19.3 Å². The second-order valence-corrected chi connectivity index (χ2v) is 6.19. The molecule has 7 nitrogen and oxygen atoms in total. The maximum absolute atomic E-state index is 11.9. The average Bonchev–Trinajstić information content (AvgIpc) is 2.51. The fraction of sp³-hybridized carbons (Fsp3) is 0.533. The molecule has 0 spiro atoms. The van der Waals surface area contributed by atoms with Crippen LogP contribution in [0.5, 0.6) is 0 Å². The summed E-state index contributed by atoms with van der Waals surface area (Å²) < 4.78 is 20.2. The standard InChI is InChI=1S/C15H24NO6P.2Na/c1-2-3-7-10-21-12-15(17)16-14(11-22-23(18,19)20)13-8-5-4-6-9-13;;/h4-6,8-9,14H,2-3,7,10-12H2,1H3,(H,16,17)(H2,18,19,20);;/q;2*+1/p-2/t14-;;/m0../s1. The Bertz CT molecular complexity index is 514. The Balaban J connectivity index is 0. The molecule has 0 aliphatic carbocycles. The van der Waals surface area contributed by atoms with Crippen molar-refractivity contribution >= 4 is 13.7 Å². The molecule has 0 heterocycles. The number of rotatable bonds is 11. The topological polar surface area (TPSA) is 111 Å². The van der Waals surface area contributed by atoms with Crippen molar-refractivity contribution in [3.63, 3.8) is 0 Å². The number of carbonyl (C=O) groups is 1. The molecule has 0 radical (unpaired) electrons. The zero-order valence-corrected chi connectivity index (χ0v) is 20.0. The van der Waals surface area contributed by atoms with Gasteiger partial charge in [0, 0.05) is 6.61 Å². The normalized spacial score (nSPS) is 11.8. The zero-order valence-electron chi connectivity index (χ0n) is 15.1. The monoisotopic (exact) mass is 389 g/mol. The fourth-order valence-electron chi connectivity index (χ4n) is 1.93. The largest absolute Gasteiger partial charge is 1.00 e. The van der Waals surface area contributed by atoms with Crippen LogP contribution in [-0.4, -0.2) is 25.7 Å². The smallest absolute Gasteiger partial charge is 0.790 e. The van der Waals surface area contributed by atoms with E-state index in [1.165, 1.54) is 0 Å². The van der Waals surface area contributed by atoms with Crippen LogP contribution in [0.4, 0.5) is 0 Å². The van der Waals surface area contributed by atoms with Crippen LogP contribution in [0.15, 0.2) is 30.3 Å². The van der Waals surface area contributed by atoms with Gasteiger partial charge in [-0.25, -0.2) is 0 Å². The number of ether oxygens (including phenoxy) is 1. The number of carbonyl (C=O) groups excluding carboxylic acids is 1. The summed E-state index contributed by atoms with van der Waals surface area (Å²) in [6.07, 6.45) is 2.97. The summed E-state index contributed by atoms with van der Waals surface area (Å²) in [4.78, 5) is 33.1. The van der Waals surface area contributed by atoms with Crippen LogP contribution in [0.1, 0.15) is 37.8 Å². The van der Waals surface area contributed by atoms with Crippen molar-refractivity contribution in [2.24, 2.45) is 0 Å². The van der Waals surface area contributed by atoms with Gasteiger partial charge in [0.2, 0.25) is 5.91 Å². The van der Waals surface area contributed by atoms with Crippen LogP contribution in [0.2, 0.25) is 0 Å². The van der Waals surface area contributed by atoms with Crippen molar-refractivity contribution < 1.29 is 87.5 Å². The van der Waals surface area contributed by atoms with Gasteiger partial charge in [0.25, 0.3) is 0 Å². The minimum Gasteiger partial charge on any atom is -0.790 e. The molecule has 0 saturated heterocycles. The van der Waals surface area contributed by atoms with Gasteiger partial charge in [-0.05, 0) is 12.0 Å². The van der Waals surface area contributed by atoms with Crippen LogP contribution in [0.3, 0.4) is 0 Å². The number of phosphoric ester groups is 1. The van der Waals surface area contributed by atoms with Crippen molar-refractivity contribution in [3.05, 3.63) is 35.9 Å². The van der Waals surface area contributed by atoms with Crippen LogP contribution in [0.25, 0.3) is 0 Å². The van der Waals surface area contributed by atoms with Crippen molar-refractivity contribution in [1.29, 1.82) is 0 Å². The minimum absolute atomic E-state index is 0. The van der Waals surface area contributed by atoms with E-state index in [0.29, 0.717) is 12.2 Å². The second kappa shape index (κ2) is 15.8. The summed E-state index contributed by atoms with van der Waals surface area (Å²) in [5, 5.41) is 2.61. The molecule has 1 aromatic rings. The molecule has 0 bridgehead atoms. The summed E-state index contributed by atoms with van der Waals surface area (Å²) >= 11 is 0. The Labute approximate surface area is 193 Å². The molecule has 1 aromatic carbocycles. The van der Waals surface area contributed by atoms with E-state index in [9.17, 15) is 19.1 Å². The van der Waals surface area contributed by atoms with E-state index in [1.807, 2.05) is 0 Å². The number of phosphoric acid groups is 1. The zero-order chi connectivity index (χ0) is 17.1. The van der Waals surface area contributed by atoms with Gasteiger partial charge < -0.3 is 28.9 Å². The van der Waals surface area contributed by atoms with Gasteiger partial charge in [-0.3, -0.25) is 4.79 Å². The van der Waals surface area contributed by atoms with Gasteiger partial charge in [0.1, 0.15) is 6.61 Å². The molecule has 0 aliphatic rings. The van der Waals surface area contributed by atoms with Crippen LogP contribution in [-0.2, 0) is 18.6 Å². The number of unbranched alkanes of at least 4 members (excludes halogenated alkanes) is 2. The fourth-order valence-corrected chi connectivity index (χ4v) is 2.26. The summed E-state index contributed by atoms with van der Waals surface area (Å²) in [7, 11) is -5.10. The van der Waals surface area contributed by atoms with Gasteiger partial charge in [-0.2, -0.15) is 0 Å². The van der Waals surface area contributed by atoms with Gasteiger partial charge in [0.15, 0.2) is 0 Å². The molecule has 10 heteroatoms. The first-order chi connectivity index (χ1) is 10.9. The van der Waals surface area contributed by atoms with E-state index in [-0.39, 0.29) is 65.7 Å². The minimum atomic E-state index is -5.10. The molecule has 130 valence electrons. The molecule has 1 rings (SSSR count). The predicted molar refractivity (Wildman–Crippen MR) is 81.2 cm³/mol. The summed E-state index contributed by atoms with van der Waals surface area (Å²) in [5.74, 6) is -0.398. The Morgan fingerprint density at radius 2 is 1.84 bits per heavy atom. The molecule has 0 aliphatic heterocycles. The number of benzene rings is 1. The number of hydrogen-bond donors (Lipinski definition) is 1. The Kier molecular flexibility index (Phi) is 17.7. The third-order valence-electron chi connectivity index (χ3n) is 3.06. The third-order valence-corrected chi connectivity index (χ3v) is 3.53. The number of nitrogens with one attached hydrogen (secondary N) is 1. The average molecular weight is 389 g/mol. The van der Waals surface area contributed by atoms with Crippen molar-refractivity contribution in [2.45, 2.75) is 32.2 Å². The molecule has 1 amide bonds. The van der Waals surface area contributed by atoms with Crippen LogP contribution in [0, 0.1) is 0 Å². The number of amides is 1. The summed E-state index contributed by atoms with van der Waals surface area (Å²) in [6, 6.07) is 7.94. The second-order valence-electron chi connectivity index (χ2n) is 5.03. The molecular weight excluding hydrogens is 367 g/mol. The van der Waals surface area contributed by atoms with E-state index in [4.69, 9.17) is 4.74 Å². The molecule has 1 N–H and O–H groups in total.